The number of nitrogens with zero attached hydrogens (tertiary/aromatic N) is 1. The number of nitrogens with one attached hydrogen (secondary N) is 1. The zero-order valence-electron chi connectivity index (χ0n) is 5.63. The van der Waals surface area contributed by atoms with Crippen LogP contribution in [0.25, 0.3) is 10.9 Å². The van der Waals surface area contributed by atoms with Crippen molar-refractivity contribution in [1.82, 2.24) is 10.2 Å². The predicted octanol–water partition coefficient (Wildman–Crippen LogP) is 1.28. The van der Waals surface area contributed by atoms with Gasteiger partial charge in [-0.15, -0.1) is 0 Å². The minimum atomic E-state index is -0.348. The van der Waals surface area contributed by atoms with Crippen LogP contribution in [0.4, 0.5) is 10.1 Å². The molecule has 56 valence electrons. The van der Waals surface area contributed by atoms with E-state index in [9.17, 15) is 4.39 Å². The van der Waals surface area contributed by atoms with E-state index in [1.165, 1.54) is 12.1 Å². The highest BCUT2D eigenvalue weighted by atomic mass is 19.1. The monoisotopic (exact) mass is 151 g/mol. The van der Waals surface area contributed by atoms with Gasteiger partial charge in [0.2, 0.25) is 0 Å². The van der Waals surface area contributed by atoms with Crippen LogP contribution in [0, 0.1) is 5.82 Å². The van der Waals surface area contributed by atoms with Crippen LogP contribution in [0.3, 0.4) is 0 Å². The summed E-state index contributed by atoms with van der Waals surface area (Å²) < 4.78 is 12.6. The Morgan fingerprint density at radius 2 is 2.27 bits per heavy atom. The first kappa shape index (κ1) is 6.15. The van der Waals surface area contributed by atoms with Gasteiger partial charge in [0.1, 0.15) is 5.82 Å². The molecule has 0 fully saturated rings. The molecule has 1 aromatic heterocycles. The van der Waals surface area contributed by atoms with Gasteiger partial charge in [0.05, 0.1) is 11.7 Å². The Bertz CT molecular complexity index is 393. The van der Waals surface area contributed by atoms with E-state index >= 15 is 0 Å². The Hall–Kier alpha value is -1.58. The molecule has 0 bridgehead atoms. The lowest BCUT2D eigenvalue weighted by molar-refractivity contribution is 0.630. The fourth-order valence-electron chi connectivity index (χ4n) is 1.04. The maximum atomic E-state index is 12.6. The van der Waals surface area contributed by atoms with Crippen LogP contribution < -0.4 is 5.73 Å². The smallest absolute Gasteiger partial charge is 0.127 e. The SMILES string of the molecule is Nc1cc(F)cc2[nH]ncc12. The van der Waals surface area contributed by atoms with Crippen molar-refractivity contribution in [3.05, 3.63) is 24.1 Å². The summed E-state index contributed by atoms with van der Waals surface area (Å²) in [6.45, 7) is 0. The highest BCUT2D eigenvalue weighted by Gasteiger charge is 2.01. The second kappa shape index (κ2) is 1.95. The second-order valence-corrected chi connectivity index (χ2v) is 2.33. The largest absolute Gasteiger partial charge is 0.398 e. The summed E-state index contributed by atoms with van der Waals surface area (Å²) >= 11 is 0. The predicted molar refractivity (Wildman–Crippen MR) is 40.5 cm³/mol. The first-order valence-electron chi connectivity index (χ1n) is 3.15. The molecule has 0 atom stereocenters. The fourth-order valence-corrected chi connectivity index (χ4v) is 1.04. The number of nitrogen functional groups attached to an aromatic ring is 1. The van der Waals surface area contributed by atoms with Crippen LogP contribution in [0.1, 0.15) is 0 Å². The van der Waals surface area contributed by atoms with Crippen LogP contribution in [-0.2, 0) is 0 Å². The Kier molecular flexibility index (Phi) is 1.09. The second-order valence-electron chi connectivity index (χ2n) is 2.33. The number of halogens is 1. The third-order valence-electron chi connectivity index (χ3n) is 1.56. The molecule has 0 spiro atoms. The molecule has 0 amide bonds. The summed E-state index contributed by atoms with van der Waals surface area (Å²) in [6.07, 6.45) is 1.57. The van der Waals surface area contributed by atoms with Gasteiger partial charge in [0.25, 0.3) is 0 Å². The summed E-state index contributed by atoms with van der Waals surface area (Å²) in [4.78, 5) is 0. The molecular formula is C7H6FN3. The first-order chi connectivity index (χ1) is 5.27. The molecule has 0 aliphatic heterocycles. The lowest BCUT2D eigenvalue weighted by atomic mass is 10.2. The number of aromatic amines is 1. The van der Waals surface area contributed by atoms with Crippen molar-refractivity contribution in [2.24, 2.45) is 0 Å². The fraction of sp³-hybridized carbons (Fsp3) is 0. The molecule has 0 aliphatic rings. The Balaban J connectivity index is 2.91. The van der Waals surface area contributed by atoms with Gasteiger partial charge in [0, 0.05) is 11.1 Å². The summed E-state index contributed by atoms with van der Waals surface area (Å²) in [5, 5.41) is 7.12. The summed E-state index contributed by atoms with van der Waals surface area (Å²) in [5.41, 5.74) is 6.54. The molecule has 3 N–H and O–H groups in total. The number of hydrogen-bond donors (Lipinski definition) is 2. The van der Waals surface area contributed by atoms with Crippen LogP contribution >= 0.6 is 0 Å². The molecule has 1 aromatic carbocycles. The highest BCUT2D eigenvalue weighted by molar-refractivity contribution is 5.89. The van der Waals surface area contributed by atoms with E-state index in [1.54, 1.807) is 6.20 Å². The number of fused-ring (bicyclic) bond motifs is 1. The van der Waals surface area contributed by atoms with E-state index in [2.05, 4.69) is 10.2 Å². The molecule has 1 heterocycles. The lowest BCUT2D eigenvalue weighted by Crippen LogP contribution is -1.86. The van der Waals surface area contributed by atoms with Gasteiger partial charge in [-0.05, 0) is 12.1 Å². The third kappa shape index (κ3) is 0.832. The molecule has 2 aromatic rings. The minimum Gasteiger partial charge on any atom is -0.398 e. The zero-order valence-corrected chi connectivity index (χ0v) is 5.63. The number of nitrogens with two attached hydrogens (primary N) is 1. The van der Waals surface area contributed by atoms with E-state index in [0.717, 1.165) is 5.39 Å². The van der Waals surface area contributed by atoms with Gasteiger partial charge < -0.3 is 5.73 Å². The Labute approximate surface area is 62.0 Å². The summed E-state index contributed by atoms with van der Waals surface area (Å²) in [6, 6.07) is 2.64. The van der Waals surface area contributed by atoms with Crippen molar-refractivity contribution in [2.45, 2.75) is 0 Å². The van der Waals surface area contributed by atoms with E-state index in [4.69, 9.17) is 5.73 Å². The Morgan fingerprint density at radius 1 is 1.45 bits per heavy atom. The number of hydrogen-bond acceptors (Lipinski definition) is 2. The first-order valence-corrected chi connectivity index (χ1v) is 3.15. The maximum Gasteiger partial charge on any atom is 0.127 e. The molecule has 4 heteroatoms. The molecule has 0 aliphatic carbocycles. The normalized spacial score (nSPS) is 10.6. The number of aromatic nitrogens is 2. The zero-order chi connectivity index (χ0) is 7.84. The van der Waals surface area contributed by atoms with E-state index in [0.29, 0.717) is 11.2 Å². The average Bonchev–Trinajstić information content (AvgIpc) is 2.34. The van der Waals surface area contributed by atoms with E-state index in [-0.39, 0.29) is 5.82 Å². The molecule has 2 rings (SSSR count). The third-order valence-corrected chi connectivity index (χ3v) is 1.56. The number of H-pyrrole nitrogens is 1. The highest BCUT2D eigenvalue weighted by Crippen LogP contribution is 2.19. The van der Waals surface area contributed by atoms with Crippen molar-refractivity contribution in [3.8, 4) is 0 Å². The molecule has 0 unspecified atom stereocenters. The number of anilines is 1. The number of benzene rings is 1. The van der Waals surface area contributed by atoms with E-state index < -0.39 is 0 Å². The topological polar surface area (TPSA) is 54.7 Å². The van der Waals surface area contributed by atoms with Crippen LogP contribution in [0.5, 0.6) is 0 Å². The van der Waals surface area contributed by atoms with Gasteiger partial charge in [-0.25, -0.2) is 4.39 Å². The summed E-state index contributed by atoms with van der Waals surface area (Å²) in [5.74, 6) is -0.348. The van der Waals surface area contributed by atoms with Gasteiger partial charge in [-0.1, -0.05) is 0 Å². The average molecular weight is 151 g/mol. The summed E-state index contributed by atoms with van der Waals surface area (Å²) in [7, 11) is 0. The molecule has 0 radical (unpaired) electrons. The Morgan fingerprint density at radius 3 is 3.09 bits per heavy atom. The van der Waals surface area contributed by atoms with Crippen molar-refractivity contribution in [1.29, 1.82) is 0 Å². The van der Waals surface area contributed by atoms with Crippen molar-refractivity contribution >= 4 is 16.6 Å². The van der Waals surface area contributed by atoms with Crippen LogP contribution in [-0.4, -0.2) is 10.2 Å². The van der Waals surface area contributed by atoms with Crippen LogP contribution in [0.2, 0.25) is 0 Å². The maximum absolute atomic E-state index is 12.6. The molecule has 11 heavy (non-hydrogen) atoms. The van der Waals surface area contributed by atoms with E-state index in [1.807, 2.05) is 0 Å². The number of rotatable bonds is 0. The van der Waals surface area contributed by atoms with Gasteiger partial charge in [0.15, 0.2) is 0 Å². The molecule has 0 saturated carbocycles. The lowest BCUT2D eigenvalue weighted by Gasteiger charge is -1.94. The van der Waals surface area contributed by atoms with Crippen LogP contribution in [0.15, 0.2) is 18.3 Å². The molecule has 3 nitrogen and oxygen atoms in total. The minimum absolute atomic E-state index is 0.348. The quantitative estimate of drug-likeness (QED) is 0.557. The van der Waals surface area contributed by atoms with Crippen molar-refractivity contribution in [2.75, 3.05) is 5.73 Å². The molecule has 0 saturated heterocycles. The van der Waals surface area contributed by atoms with Gasteiger partial charge in [-0.3, -0.25) is 5.10 Å². The van der Waals surface area contributed by atoms with Crippen molar-refractivity contribution < 1.29 is 4.39 Å². The molecular weight excluding hydrogens is 145 g/mol. The van der Waals surface area contributed by atoms with Crippen molar-refractivity contribution in [3.63, 3.8) is 0 Å². The van der Waals surface area contributed by atoms with Gasteiger partial charge >= 0.3 is 0 Å². The van der Waals surface area contributed by atoms with Gasteiger partial charge in [-0.2, -0.15) is 5.10 Å². The standard InChI is InChI=1S/C7H6FN3/c8-4-1-6(9)5-3-10-11-7(5)2-4/h1-3H,9H2,(H,10,11).